The van der Waals surface area contributed by atoms with Crippen LogP contribution in [0.5, 0.6) is 0 Å². The molecule has 0 bridgehead atoms. The van der Waals surface area contributed by atoms with Crippen LogP contribution in [0.15, 0.2) is 84.5 Å². The van der Waals surface area contributed by atoms with Gasteiger partial charge >= 0.3 is 0 Å². The average Bonchev–Trinajstić information content (AvgIpc) is 3.21. The number of aromatic nitrogens is 3. The number of nitrogens with zero attached hydrogens (tertiary/aromatic N) is 3. The molecule has 1 aromatic heterocycles. The normalized spacial score (nSPS) is 15.7. The standard InChI is InChI=1S/C25H27N3/c1-20(12-11-15-21-13-5-2-6-14-21)28-24(22-16-7-3-8-17-22)26-27-25(28)23-18-9-4-10-19-23/h3-4,7-12,15-20H,2,5-6,13-14H2,1H3/b12-11-. The molecular weight excluding hydrogens is 342 g/mol. The summed E-state index contributed by atoms with van der Waals surface area (Å²) in [7, 11) is 0. The van der Waals surface area contributed by atoms with E-state index in [1.54, 1.807) is 5.57 Å². The molecule has 1 aliphatic carbocycles. The van der Waals surface area contributed by atoms with Crippen molar-refractivity contribution in [3.05, 3.63) is 84.5 Å². The van der Waals surface area contributed by atoms with Crippen LogP contribution in [0.2, 0.25) is 0 Å². The molecule has 1 saturated carbocycles. The van der Waals surface area contributed by atoms with Crippen molar-refractivity contribution in [1.29, 1.82) is 0 Å². The zero-order valence-corrected chi connectivity index (χ0v) is 16.5. The first-order valence-corrected chi connectivity index (χ1v) is 10.2. The van der Waals surface area contributed by atoms with Crippen molar-refractivity contribution in [2.45, 2.75) is 45.1 Å². The minimum Gasteiger partial charge on any atom is -0.300 e. The number of allylic oxidation sites excluding steroid dienone is 4. The van der Waals surface area contributed by atoms with Crippen molar-refractivity contribution in [3.63, 3.8) is 0 Å². The van der Waals surface area contributed by atoms with Gasteiger partial charge in [-0.3, -0.25) is 0 Å². The Labute approximate surface area is 167 Å². The summed E-state index contributed by atoms with van der Waals surface area (Å²) in [5.74, 6) is 1.81. The van der Waals surface area contributed by atoms with E-state index in [0.717, 1.165) is 22.8 Å². The predicted molar refractivity (Wildman–Crippen MR) is 116 cm³/mol. The molecule has 0 saturated heterocycles. The molecule has 0 spiro atoms. The first-order valence-electron chi connectivity index (χ1n) is 10.2. The molecule has 0 radical (unpaired) electrons. The van der Waals surface area contributed by atoms with Gasteiger partial charge in [-0.25, -0.2) is 0 Å². The minimum absolute atomic E-state index is 0.154. The summed E-state index contributed by atoms with van der Waals surface area (Å²) in [6.45, 7) is 2.21. The van der Waals surface area contributed by atoms with Crippen molar-refractivity contribution in [2.75, 3.05) is 0 Å². The molecule has 1 aliphatic rings. The predicted octanol–water partition coefficient (Wildman–Crippen LogP) is 6.62. The van der Waals surface area contributed by atoms with Crippen LogP contribution in [0.3, 0.4) is 0 Å². The van der Waals surface area contributed by atoms with E-state index in [-0.39, 0.29) is 6.04 Å². The Balaban J connectivity index is 1.69. The molecule has 142 valence electrons. The van der Waals surface area contributed by atoms with Gasteiger partial charge in [-0.2, -0.15) is 0 Å². The van der Waals surface area contributed by atoms with Gasteiger partial charge in [-0.1, -0.05) is 90.9 Å². The van der Waals surface area contributed by atoms with Crippen LogP contribution in [-0.4, -0.2) is 14.8 Å². The Morgan fingerprint density at radius 1 is 0.786 bits per heavy atom. The van der Waals surface area contributed by atoms with E-state index in [2.05, 4.69) is 64.2 Å². The SMILES string of the molecule is CC(/C=C\C=C1CCCCC1)n1c(-c2ccccc2)nnc1-c1ccccc1. The number of benzene rings is 2. The molecule has 3 nitrogen and oxygen atoms in total. The smallest absolute Gasteiger partial charge is 0.164 e. The Hall–Kier alpha value is -2.94. The second-order valence-electron chi connectivity index (χ2n) is 7.46. The van der Waals surface area contributed by atoms with Gasteiger partial charge in [0.05, 0.1) is 6.04 Å². The van der Waals surface area contributed by atoms with Crippen molar-refractivity contribution in [3.8, 4) is 22.8 Å². The fourth-order valence-corrected chi connectivity index (χ4v) is 3.86. The third-order valence-corrected chi connectivity index (χ3v) is 5.38. The second-order valence-corrected chi connectivity index (χ2v) is 7.46. The maximum atomic E-state index is 4.55. The molecule has 0 amide bonds. The van der Waals surface area contributed by atoms with Crippen molar-refractivity contribution >= 4 is 0 Å². The molecule has 4 rings (SSSR count). The average molecular weight is 370 g/mol. The highest BCUT2D eigenvalue weighted by molar-refractivity contribution is 5.63. The fraction of sp³-hybridized carbons (Fsp3) is 0.280. The molecule has 1 heterocycles. The maximum Gasteiger partial charge on any atom is 0.164 e. The monoisotopic (exact) mass is 369 g/mol. The van der Waals surface area contributed by atoms with E-state index in [0.29, 0.717) is 0 Å². The Morgan fingerprint density at radius 2 is 1.32 bits per heavy atom. The van der Waals surface area contributed by atoms with Gasteiger partial charge in [-0.05, 0) is 32.6 Å². The molecular formula is C25H27N3. The van der Waals surface area contributed by atoms with Crippen LogP contribution in [-0.2, 0) is 0 Å². The van der Waals surface area contributed by atoms with Crippen LogP contribution >= 0.6 is 0 Å². The largest absolute Gasteiger partial charge is 0.300 e. The minimum atomic E-state index is 0.154. The third-order valence-electron chi connectivity index (χ3n) is 5.38. The highest BCUT2D eigenvalue weighted by Crippen LogP contribution is 2.29. The van der Waals surface area contributed by atoms with Crippen molar-refractivity contribution < 1.29 is 0 Å². The van der Waals surface area contributed by atoms with Gasteiger partial charge in [0, 0.05) is 11.1 Å². The van der Waals surface area contributed by atoms with Gasteiger partial charge in [0.2, 0.25) is 0 Å². The van der Waals surface area contributed by atoms with E-state index < -0.39 is 0 Å². The second kappa shape index (κ2) is 8.83. The van der Waals surface area contributed by atoms with Gasteiger partial charge in [0.25, 0.3) is 0 Å². The molecule has 0 N–H and O–H groups in total. The van der Waals surface area contributed by atoms with Crippen LogP contribution in [0.1, 0.15) is 45.1 Å². The molecule has 1 atom stereocenters. The molecule has 3 aromatic rings. The number of hydrogen-bond acceptors (Lipinski definition) is 2. The van der Waals surface area contributed by atoms with Crippen molar-refractivity contribution in [1.82, 2.24) is 14.8 Å². The third kappa shape index (κ3) is 4.14. The lowest BCUT2D eigenvalue weighted by Crippen LogP contribution is -2.07. The summed E-state index contributed by atoms with van der Waals surface area (Å²) in [6, 6.07) is 20.8. The lowest BCUT2D eigenvalue weighted by molar-refractivity contribution is 0.599. The summed E-state index contributed by atoms with van der Waals surface area (Å²) >= 11 is 0. The van der Waals surface area contributed by atoms with Gasteiger partial charge in [0.15, 0.2) is 11.6 Å². The van der Waals surface area contributed by atoms with Crippen LogP contribution < -0.4 is 0 Å². The van der Waals surface area contributed by atoms with Crippen LogP contribution in [0, 0.1) is 0 Å². The fourth-order valence-electron chi connectivity index (χ4n) is 3.86. The molecule has 1 unspecified atom stereocenters. The van der Waals surface area contributed by atoms with E-state index in [9.17, 15) is 0 Å². The van der Waals surface area contributed by atoms with Crippen molar-refractivity contribution in [2.24, 2.45) is 0 Å². The first-order chi connectivity index (χ1) is 13.8. The van der Waals surface area contributed by atoms with E-state index in [1.165, 1.54) is 32.1 Å². The van der Waals surface area contributed by atoms with Crippen LogP contribution in [0.25, 0.3) is 22.8 Å². The summed E-state index contributed by atoms with van der Waals surface area (Å²) in [6.07, 6.45) is 13.3. The zero-order valence-electron chi connectivity index (χ0n) is 16.5. The Kier molecular flexibility index (Phi) is 5.81. The summed E-state index contributed by atoms with van der Waals surface area (Å²) < 4.78 is 2.24. The molecule has 28 heavy (non-hydrogen) atoms. The van der Waals surface area contributed by atoms with Crippen LogP contribution in [0.4, 0.5) is 0 Å². The molecule has 2 aromatic carbocycles. The lowest BCUT2D eigenvalue weighted by Gasteiger charge is -2.16. The first kappa shape index (κ1) is 18.4. The zero-order chi connectivity index (χ0) is 19.2. The lowest BCUT2D eigenvalue weighted by atomic mass is 9.94. The quantitative estimate of drug-likeness (QED) is 0.506. The molecule has 3 heteroatoms. The van der Waals surface area contributed by atoms with Gasteiger partial charge in [-0.15, -0.1) is 10.2 Å². The summed E-state index contributed by atoms with van der Waals surface area (Å²) in [4.78, 5) is 0. The highest BCUT2D eigenvalue weighted by Gasteiger charge is 2.18. The van der Waals surface area contributed by atoms with Gasteiger partial charge < -0.3 is 4.57 Å². The molecule has 1 fully saturated rings. The Bertz CT molecular complexity index is 887. The Morgan fingerprint density at radius 3 is 1.86 bits per heavy atom. The van der Waals surface area contributed by atoms with E-state index in [1.807, 2.05) is 36.4 Å². The van der Waals surface area contributed by atoms with Gasteiger partial charge in [0.1, 0.15) is 0 Å². The highest BCUT2D eigenvalue weighted by atomic mass is 15.3. The number of hydrogen-bond donors (Lipinski definition) is 0. The summed E-state index contributed by atoms with van der Waals surface area (Å²) in [5, 5.41) is 9.09. The summed E-state index contributed by atoms with van der Waals surface area (Å²) in [5.41, 5.74) is 3.75. The van der Waals surface area contributed by atoms with E-state index in [4.69, 9.17) is 0 Å². The maximum absolute atomic E-state index is 4.55. The molecule has 0 aliphatic heterocycles. The topological polar surface area (TPSA) is 30.7 Å². The van der Waals surface area contributed by atoms with E-state index >= 15 is 0 Å². The number of rotatable bonds is 5.